The number of unbranched alkanes of at least 4 members (excludes halogenated alkanes) is 2. The molecule has 0 unspecified atom stereocenters. The molecule has 2 heteroatoms. The van der Waals surface area contributed by atoms with E-state index in [4.69, 9.17) is 0 Å². The number of halogens is 1. The van der Waals surface area contributed by atoms with E-state index in [1.54, 1.807) is 0 Å². The summed E-state index contributed by atoms with van der Waals surface area (Å²) in [7, 11) is 0. The molecule has 0 bridgehead atoms. The van der Waals surface area contributed by atoms with Gasteiger partial charge in [-0.1, -0.05) is 62.4 Å². The summed E-state index contributed by atoms with van der Waals surface area (Å²) in [5.74, 6) is 2.71. The van der Waals surface area contributed by atoms with Crippen molar-refractivity contribution in [1.29, 1.82) is 0 Å². The normalized spacial score (nSPS) is 12.0. The van der Waals surface area contributed by atoms with Crippen LogP contribution in [0.2, 0.25) is 0 Å². The number of hydrogen-bond acceptors (Lipinski definition) is 1. The van der Waals surface area contributed by atoms with Crippen molar-refractivity contribution in [3.05, 3.63) is 0 Å². The van der Waals surface area contributed by atoms with Crippen molar-refractivity contribution in [3.63, 3.8) is 0 Å². The molecule has 0 radical (unpaired) electrons. The summed E-state index contributed by atoms with van der Waals surface area (Å²) in [4.78, 5) is 0. The van der Waals surface area contributed by atoms with Crippen LogP contribution < -0.4 is 0 Å². The van der Waals surface area contributed by atoms with Gasteiger partial charge in [0.15, 0.2) is 0 Å². The third-order valence-electron chi connectivity index (χ3n) is 3.14. The van der Waals surface area contributed by atoms with Crippen LogP contribution in [0.15, 0.2) is 0 Å². The average molecular weight is 309 g/mol. The van der Waals surface area contributed by atoms with Crippen molar-refractivity contribution in [2.75, 3.05) is 16.8 Å². The molecule has 98 valence electrons. The molecule has 0 amide bonds. The zero-order chi connectivity index (χ0) is 12.3. The summed E-state index contributed by atoms with van der Waals surface area (Å²) < 4.78 is 0. The predicted octanol–water partition coefficient (Wildman–Crippen LogP) is 5.89. The molecule has 0 aromatic rings. The highest BCUT2D eigenvalue weighted by atomic mass is 79.9. The van der Waals surface area contributed by atoms with Crippen molar-refractivity contribution in [2.45, 2.75) is 65.7 Å². The highest BCUT2D eigenvalue weighted by Crippen LogP contribution is 2.35. The van der Waals surface area contributed by atoms with Gasteiger partial charge in [-0.15, -0.1) is 0 Å². The van der Waals surface area contributed by atoms with Crippen LogP contribution in [-0.4, -0.2) is 16.8 Å². The minimum Gasteiger partial charge on any atom is -0.161 e. The van der Waals surface area contributed by atoms with Crippen LogP contribution in [0.3, 0.4) is 0 Å². The summed E-state index contributed by atoms with van der Waals surface area (Å²) in [5.41, 5.74) is 0.570. The molecule has 0 heterocycles. The van der Waals surface area contributed by atoms with Crippen molar-refractivity contribution in [1.82, 2.24) is 0 Å². The Kier molecular flexibility index (Phi) is 11.5. The molecular formula is C14H29BrS. The van der Waals surface area contributed by atoms with Crippen molar-refractivity contribution in [2.24, 2.45) is 5.41 Å². The summed E-state index contributed by atoms with van der Waals surface area (Å²) in [5, 5.41) is 1.18. The van der Waals surface area contributed by atoms with E-state index < -0.39 is 0 Å². The first kappa shape index (κ1) is 16.8. The second-order valence-electron chi connectivity index (χ2n) is 4.89. The number of thioether (sulfide) groups is 1. The lowest BCUT2D eigenvalue weighted by Gasteiger charge is -2.31. The number of alkyl halides is 1. The highest BCUT2D eigenvalue weighted by Gasteiger charge is 2.26. The fraction of sp³-hybridized carbons (Fsp3) is 1.00. The van der Waals surface area contributed by atoms with Gasteiger partial charge in [-0.25, -0.2) is 0 Å². The first-order chi connectivity index (χ1) is 7.74. The lowest BCUT2D eigenvalue weighted by molar-refractivity contribution is 0.320. The molecule has 0 aliphatic heterocycles. The second kappa shape index (κ2) is 11.0. The summed E-state index contributed by atoms with van der Waals surface area (Å²) in [6, 6.07) is 0. The van der Waals surface area contributed by atoms with Crippen molar-refractivity contribution >= 4 is 27.7 Å². The van der Waals surface area contributed by atoms with Gasteiger partial charge in [0.2, 0.25) is 0 Å². The van der Waals surface area contributed by atoms with Gasteiger partial charge in [0.1, 0.15) is 0 Å². The first-order valence-corrected chi connectivity index (χ1v) is 9.16. The largest absolute Gasteiger partial charge is 0.161 e. The van der Waals surface area contributed by atoms with Crippen LogP contribution in [0.4, 0.5) is 0 Å². The van der Waals surface area contributed by atoms with Gasteiger partial charge < -0.3 is 0 Å². The first-order valence-electron chi connectivity index (χ1n) is 6.88. The molecule has 0 saturated carbocycles. The molecule has 0 N–H and O–H groups in total. The Balaban J connectivity index is 3.89. The maximum Gasteiger partial charge on any atom is 0.00958 e. The standard InChI is InChI=1S/C14H29BrS/c1-4-7-8-11-16-13-14(12-15,9-5-2)10-6-3/h4-13H2,1-3H3. The zero-order valence-corrected chi connectivity index (χ0v) is 13.8. The lowest BCUT2D eigenvalue weighted by atomic mass is 9.83. The zero-order valence-electron chi connectivity index (χ0n) is 11.4. The van der Waals surface area contributed by atoms with E-state index in [0.717, 1.165) is 0 Å². The number of rotatable bonds is 11. The van der Waals surface area contributed by atoms with Crippen LogP contribution in [0, 0.1) is 5.41 Å². The van der Waals surface area contributed by atoms with E-state index >= 15 is 0 Å². The Morgan fingerprint density at radius 2 is 1.56 bits per heavy atom. The van der Waals surface area contributed by atoms with Crippen LogP contribution in [0.25, 0.3) is 0 Å². The topological polar surface area (TPSA) is 0 Å². The van der Waals surface area contributed by atoms with E-state index in [2.05, 4.69) is 48.5 Å². The minimum absolute atomic E-state index is 0.570. The van der Waals surface area contributed by atoms with Gasteiger partial charge >= 0.3 is 0 Å². The van der Waals surface area contributed by atoms with Crippen LogP contribution in [-0.2, 0) is 0 Å². The average Bonchev–Trinajstić information content (AvgIpc) is 2.29. The van der Waals surface area contributed by atoms with Crippen molar-refractivity contribution in [3.8, 4) is 0 Å². The predicted molar refractivity (Wildman–Crippen MR) is 82.9 cm³/mol. The third kappa shape index (κ3) is 7.21. The van der Waals surface area contributed by atoms with E-state index in [-0.39, 0.29) is 0 Å². The highest BCUT2D eigenvalue weighted by molar-refractivity contribution is 9.09. The minimum atomic E-state index is 0.570. The molecule has 0 aliphatic rings. The summed E-state index contributed by atoms with van der Waals surface area (Å²) >= 11 is 5.92. The van der Waals surface area contributed by atoms with Gasteiger partial charge in [-0.2, -0.15) is 11.8 Å². The maximum absolute atomic E-state index is 3.74. The fourth-order valence-corrected chi connectivity index (χ4v) is 4.64. The fourth-order valence-electron chi connectivity index (χ4n) is 2.25. The molecule has 0 atom stereocenters. The van der Waals surface area contributed by atoms with E-state index in [0.29, 0.717) is 5.41 Å². The lowest BCUT2D eigenvalue weighted by Crippen LogP contribution is -2.25. The van der Waals surface area contributed by atoms with Crippen LogP contribution in [0.5, 0.6) is 0 Å². The van der Waals surface area contributed by atoms with E-state index in [1.165, 1.54) is 61.8 Å². The maximum atomic E-state index is 3.74. The Morgan fingerprint density at radius 1 is 0.938 bits per heavy atom. The van der Waals surface area contributed by atoms with Crippen molar-refractivity contribution < 1.29 is 0 Å². The Bertz CT molecular complexity index is 142. The molecule has 16 heavy (non-hydrogen) atoms. The Morgan fingerprint density at radius 3 is 2.00 bits per heavy atom. The van der Waals surface area contributed by atoms with Gasteiger partial charge in [-0.05, 0) is 36.2 Å². The monoisotopic (exact) mass is 308 g/mol. The SMILES string of the molecule is CCCCCSCC(CBr)(CCC)CCC. The molecule has 0 fully saturated rings. The molecule has 0 spiro atoms. The summed E-state index contributed by atoms with van der Waals surface area (Å²) in [6.45, 7) is 6.91. The van der Waals surface area contributed by atoms with Gasteiger partial charge in [0.25, 0.3) is 0 Å². The van der Waals surface area contributed by atoms with Gasteiger partial charge in [-0.3, -0.25) is 0 Å². The molecule has 0 nitrogen and oxygen atoms in total. The van der Waals surface area contributed by atoms with Gasteiger partial charge in [0.05, 0.1) is 0 Å². The Labute approximate surface area is 115 Å². The summed E-state index contributed by atoms with van der Waals surface area (Å²) in [6.07, 6.45) is 9.55. The molecule has 0 aliphatic carbocycles. The molecule has 0 aromatic carbocycles. The van der Waals surface area contributed by atoms with Gasteiger partial charge in [0, 0.05) is 5.33 Å². The third-order valence-corrected chi connectivity index (χ3v) is 5.73. The number of hydrogen-bond donors (Lipinski definition) is 0. The Hall–Kier alpha value is 0.830. The molecular weight excluding hydrogens is 280 g/mol. The second-order valence-corrected chi connectivity index (χ2v) is 6.56. The van der Waals surface area contributed by atoms with Crippen LogP contribution in [0.1, 0.15) is 65.7 Å². The molecule has 0 rings (SSSR count). The van der Waals surface area contributed by atoms with E-state index in [9.17, 15) is 0 Å². The quantitative estimate of drug-likeness (QED) is 0.339. The van der Waals surface area contributed by atoms with Crippen LogP contribution >= 0.6 is 27.7 Å². The van der Waals surface area contributed by atoms with E-state index in [1.807, 2.05) is 0 Å². The molecule has 0 aromatic heterocycles. The smallest absolute Gasteiger partial charge is 0.00958 e. The molecule has 0 saturated heterocycles.